The lowest BCUT2D eigenvalue weighted by Gasteiger charge is -2.16. The van der Waals surface area contributed by atoms with Crippen LogP contribution in [0.2, 0.25) is 0 Å². The van der Waals surface area contributed by atoms with Crippen LogP contribution in [0.25, 0.3) is 5.69 Å². The number of amides is 1. The third-order valence-corrected chi connectivity index (χ3v) is 4.85. The second-order valence-corrected chi connectivity index (χ2v) is 7.18. The fourth-order valence-electron chi connectivity index (χ4n) is 2.95. The van der Waals surface area contributed by atoms with Gasteiger partial charge in [0.2, 0.25) is 6.79 Å². The third-order valence-electron chi connectivity index (χ3n) is 4.35. The molecule has 1 aromatic heterocycles. The quantitative estimate of drug-likeness (QED) is 0.637. The van der Waals surface area contributed by atoms with Crippen LogP contribution in [0, 0.1) is 6.92 Å². The normalized spacial score (nSPS) is 12.3. The molecule has 2 aromatic carbocycles. The number of hydrogen-bond donors (Lipinski definition) is 0. The molecule has 1 aliphatic heterocycles. The topological polar surface area (TPSA) is 69.5 Å². The molecule has 8 heteroatoms. The number of halogens is 1. The number of hydrogen-bond acceptors (Lipinski definition) is 5. The van der Waals surface area contributed by atoms with Crippen molar-refractivity contribution in [3.8, 4) is 17.2 Å². The molecule has 3 aromatic rings. The lowest BCUT2D eigenvalue weighted by atomic mass is 10.2. The Labute approximate surface area is 164 Å². The first-order chi connectivity index (χ1) is 13.0. The second-order valence-electron chi connectivity index (χ2n) is 6.26. The highest BCUT2D eigenvalue weighted by Gasteiger charge is 2.22. The fourth-order valence-corrected chi connectivity index (χ4v) is 3.33. The van der Waals surface area contributed by atoms with Crippen molar-refractivity contribution in [3.63, 3.8) is 0 Å². The van der Waals surface area contributed by atoms with Crippen LogP contribution >= 0.6 is 15.9 Å². The van der Waals surface area contributed by atoms with Gasteiger partial charge in [0.05, 0.1) is 11.4 Å². The van der Waals surface area contributed by atoms with E-state index in [0.717, 1.165) is 21.5 Å². The van der Waals surface area contributed by atoms with Gasteiger partial charge in [-0.15, -0.1) is 5.10 Å². The summed E-state index contributed by atoms with van der Waals surface area (Å²) < 4.78 is 13.3. The highest BCUT2D eigenvalue weighted by molar-refractivity contribution is 9.10. The molecule has 1 amide bonds. The van der Waals surface area contributed by atoms with Gasteiger partial charge in [-0.1, -0.05) is 33.3 Å². The number of carbonyl (C=O) groups excluding carboxylic acids is 1. The summed E-state index contributed by atoms with van der Waals surface area (Å²) in [7, 11) is 1.74. The van der Waals surface area contributed by atoms with Crippen molar-refractivity contribution >= 4 is 21.8 Å². The molecular formula is C19H17BrN4O3. The van der Waals surface area contributed by atoms with Crippen LogP contribution in [0.15, 0.2) is 46.9 Å². The molecule has 0 spiro atoms. The van der Waals surface area contributed by atoms with E-state index in [4.69, 9.17) is 9.47 Å². The predicted molar refractivity (Wildman–Crippen MR) is 102 cm³/mol. The second kappa shape index (κ2) is 7.03. The minimum atomic E-state index is -0.189. The highest BCUT2D eigenvalue weighted by atomic mass is 79.9. The largest absolute Gasteiger partial charge is 0.454 e. The molecule has 0 aliphatic carbocycles. The van der Waals surface area contributed by atoms with E-state index in [9.17, 15) is 4.79 Å². The Kier molecular flexibility index (Phi) is 4.57. The summed E-state index contributed by atoms with van der Waals surface area (Å²) in [5, 5.41) is 8.25. The Morgan fingerprint density at radius 1 is 1.22 bits per heavy atom. The summed E-state index contributed by atoms with van der Waals surface area (Å²) in [4.78, 5) is 14.5. The van der Waals surface area contributed by atoms with E-state index >= 15 is 0 Å². The van der Waals surface area contributed by atoms with Crippen LogP contribution < -0.4 is 9.47 Å². The van der Waals surface area contributed by atoms with Crippen molar-refractivity contribution in [1.29, 1.82) is 0 Å². The minimum Gasteiger partial charge on any atom is -0.454 e. The van der Waals surface area contributed by atoms with Crippen molar-refractivity contribution in [2.24, 2.45) is 0 Å². The van der Waals surface area contributed by atoms with E-state index < -0.39 is 0 Å². The van der Waals surface area contributed by atoms with Gasteiger partial charge in [-0.3, -0.25) is 4.79 Å². The number of nitrogens with zero attached hydrogens (tertiary/aromatic N) is 4. The zero-order valence-corrected chi connectivity index (χ0v) is 16.4. The lowest BCUT2D eigenvalue weighted by molar-refractivity contribution is 0.0778. The average molecular weight is 429 g/mol. The third kappa shape index (κ3) is 3.40. The molecule has 0 saturated carbocycles. The number of ether oxygens (including phenoxy) is 2. The minimum absolute atomic E-state index is 0.189. The van der Waals surface area contributed by atoms with Gasteiger partial charge in [-0.05, 0) is 42.8 Å². The summed E-state index contributed by atoms with van der Waals surface area (Å²) in [5.41, 5.74) is 2.81. The van der Waals surface area contributed by atoms with E-state index in [2.05, 4.69) is 26.2 Å². The Morgan fingerprint density at radius 2 is 2.04 bits per heavy atom. The summed E-state index contributed by atoms with van der Waals surface area (Å²) in [5.74, 6) is 1.23. The predicted octanol–water partition coefficient (Wildman–Crippen LogP) is 3.34. The van der Waals surface area contributed by atoms with Gasteiger partial charge in [0.1, 0.15) is 0 Å². The van der Waals surface area contributed by atoms with Gasteiger partial charge in [0.15, 0.2) is 17.2 Å². The van der Waals surface area contributed by atoms with E-state index in [1.54, 1.807) is 16.6 Å². The smallest absolute Gasteiger partial charge is 0.276 e. The van der Waals surface area contributed by atoms with Crippen LogP contribution in [-0.4, -0.2) is 39.6 Å². The highest BCUT2D eigenvalue weighted by Crippen LogP contribution is 2.32. The number of rotatable bonds is 4. The monoisotopic (exact) mass is 428 g/mol. The lowest BCUT2D eigenvalue weighted by Crippen LogP contribution is -2.27. The molecule has 0 unspecified atom stereocenters. The van der Waals surface area contributed by atoms with Crippen LogP contribution in [0.5, 0.6) is 11.5 Å². The zero-order valence-electron chi connectivity index (χ0n) is 14.8. The summed E-state index contributed by atoms with van der Waals surface area (Å²) in [6.07, 6.45) is 0. The van der Waals surface area contributed by atoms with Gasteiger partial charge in [0, 0.05) is 18.1 Å². The molecule has 27 heavy (non-hydrogen) atoms. The van der Waals surface area contributed by atoms with Crippen molar-refractivity contribution in [2.45, 2.75) is 13.5 Å². The van der Waals surface area contributed by atoms with Crippen LogP contribution in [0.1, 0.15) is 21.7 Å². The Hall–Kier alpha value is -2.87. The number of carbonyl (C=O) groups is 1. The Balaban J connectivity index is 1.54. The maximum atomic E-state index is 12.9. The first-order valence-corrected chi connectivity index (χ1v) is 9.14. The molecule has 0 radical (unpaired) electrons. The standard InChI is InChI=1S/C19H17BrN4O3/c1-12-18(21-22-24(12)15-5-3-4-14(20)9-15)19(25)23(2)10-13-6-7-16-17(8-13)27-11-26-16/h3-9H,10-11H2,1-2H3. The number of fused-ring (bicyclic) bond motifs is 1. The van der Waals surface area contributed by atoms with Gasteiger partial charge in [0.25, 0.3) is 5.91 Å². The van der Waals surface area contributed by atoms with Crippen molar-refractivity contribution in [2.75, 3.05) is 13.8 Å². The molecule has 0 N–H and O–H groups in total. The summed E-state index contributed by atoms with van der Waals surface area (Å²) >= 11 is 3.45. The SMILES string of the molecule is Cc1c(C(=O)N(C)Cc2ccc3c(c2)OCO3)nnn1-c1cccc(Br)c1. The first kappa shape index (κ1) is 17.5. The molecule has 4 rings (SSSR count). The molecule has 0 saturated heterocycles. The number of aromatic nitrogens is 3. The van der Waals surface area contributed by atoms with Gasteiger partial charge in [-0.25, -0.2) is 4.68 Å². The molecule has 0 fully saturated rings. The maximum absolute atomic E-state index is 12.9. The number of benzene rings is 2. The molecule has 0 bridgehead atoms. The van der Waals surface area contributed by atoms with Crippen molar-refractivity contribution in [1.82, 2.24) is 19.9 Å². The Morgan fingerprint density at radius 3 is 2.85 bits per heavy atom. The van der Waals surface area contributed by atoms with Crippen LogP contribution in [-0.2, 0) is 6.54 Å². The van der Waals surface area contributed by atoms with Gasteiger partial charge >= 0.3 is 0 Å². The van der Waals surface area contributed by atoms with Crippen molar-refractivity contribution in [3.05, 3.63) is 63.9 Å². The Bertz CT molecular complexity index is 1020. The van der Waals surface area contributed by atoms with E-state index in [1.807, 2.05) is 49.4 Å². The average Bonchev–Trinajstić information content (AvgIpc) is 3.27. The molecule has 0 atom stereocenters. The van der Waals surface area contributed by atoms with Crippen LogP contribution in [0.3, 0.4) is 0 Å². The fraction of sp³-hybridized carbons (Fsp3) is 0.211. The van der Waals surface area contributed by atoms with E-state index in [-0.39, 0.29) is 12.7 Å². The van der Waals surface area contributed by atoms with E-state index in [0.29, 0.717) is 23.7 Å². The summed E-state index contributed by atoms with van der Waals surface area (Å²) in [6, 6.07) is 13.3. The van der Waals surface area contributed by atoms with Gasteiger partial charge in [-0.2, -0.15) is 0 Å². The first-order valence-electron chi connectivity index (χ1n) is 8.35. The molecule has 138 valence electrons. The maximum Gasteiger partial charge on any atom is 0.276 e. The zero-order chi connectivity index (χ0) is 19.0. The molecular weight excluding hydrogens is 412 g/mol. The molecule has 7 nitrogen and oxygen atoms in total. The van der Waals surface area contributed by atoms with Gasteiger partial charge < -0.3 is 14.4 Å². The summed E-state index contributed by atoms with van der Waals surface area (Å²) in [6.45, 7) is 2.49. The van der Waals surface area contributed by atoms with Crippen LogP contribution in [0.4, 0.5) is 0 Å². The van der Waals surface area contributed by atoms with E-state index in [1.165, 1.54) is 0 Å². The molecule has 2 heterocycles. The van der Waals surface area contributed by atoms with Crippen molar-refractivity contribution < 1.29 is 14.3 Å². The molecule has 1 aliphatic rings.